The predicted molar refractivity (Wildman–Crippen MR) is 57.2 cm³/mol. The van der Waals surface area contributed by atoms with Crippen molar-refractivity contribution in [2.24, 2.45) is 0 Å². The number of carboxylic acids is 1. The van der Waals surface area contributed by atoms with Gasteiger partial charge in [-0.15, -0.1) is 0 Å². The molecule has 0 heterocycles. The first-order chi connectivity index (χ1) is 8.26. The van der Waals surface area contributed by atoms with Gasteiger partial charge in [-0.2, -0.15) is 0 Å². The standard InChI is InChI=1S/2C4H7NO4/c1-2-9-4(6)3-5(7)8;1-2-3(4(6)7)5(8)9/h2-3H2,1H3;3H,2H2,1H3,(H,6,7). The van der Waals surface area contributed by atoms with Crippen LogP contribution in [0, 0.1) is 20.2 Å². The van der Waals surface area contributed by atoms with Crippen LogP contribution in [0.1, 0.15) is 20.3 Å². The molecule has 0 aromatic heterocycles. The second-order valence-electron chi connectivity index (χ2n) is 2.84. The zero-order valence-electron chi connectivity index (χ0n) is 9.90. The molecule has 1 atom stereocenters. The first kappa shape index (κ1) is 18.1. The van der Waals surface area contributed by atoms with Crippen LogP contribution in [0.4, 0.5) is 0 Å². The van der Waals surface area contributed by atoms with Gasteiger partial charge in [-0.05, 0) is 6.92 Å². The summed E-state index contributed by atoms with van der Waals surface area (Å²) in [5.74, 6) is -2.16. The van der Waals surface area contributed by atoms with Gasteiger partial charge in [0.05, 0.1) is 6.61 Å². The maximum absolute atomic E-state index is 10.2. The highest BCUT2D eigenvalue weighted by molar-refractivity contribution is 5.71. The third-order valence-electron chi connectivity index (χ3n) is 1.49. The second kappa shape index (κ2) is 9.93. The number of hydrogen-bond acceptors (Lipinski definition) is 7. The van der Waals surface area contributed by atoms with Gasteiger partial charge in [0.15, 0.2) is 0 Å². The van der Waals surface area contributed by atoms with Crippen molar-refractivity contribution in [3.8, 4) is 0 Å². The Morgan fingerprint density at radius 3 is 1.94 bits per heavy atom. The lowest BCUT2D eigenvalue weighted by molar-refractivity contribution is -0.510. The van der Waals surface area contributed by atoms with E-state index in [-0.39, 0.29) is 13.0 Å². The van der Waals surface area contributed by atoms with Crippen molar-refractivity contribution in [2.75, 3.05) is 13.2 Å². The van der Waals surface area contributed by atoms with Gasteiger partial charge in [0.1, 0.15) is 0 Å². The SMILES string of the molecule is CCC(C(=O)O)[N+](=O)[O-].CCOC(=O)C[N+](=O)[O-]. The predicted octanol–water partition coefficient (Wildman–Crippen LogP) is -0.0475. The highest BCUT2D eigenvalue weighted by Crippen LogP contribution is 1.94. The summed E-state index contributed by atoms with van der Waals surface area (Å²) in [6.45, 7) is 2.50. The van der Waals surface area contributed by atoms with Gasteiger partial charge in [0, 0.05) is 16.3 Å². The molecule has 0 aliphatic rings. The summed E-state index contributed by atoms with van der Waals surface area (Å²) in [6, 6.07) is -1.44. The van der Waals surface area contributed by atoms with Crippen LogP contribution in [0.3, 0.4) is 0 Å². The fourth-order valence-corrected chi connectivity index (χ4v) is 0.726. The highest BCUT2D eigenvalue weighted by Gasteiger charge is 2.25. The van der Waals surface area contributed by atoms with Crippen LogP contribution in [0.5, 0.6) is 0 Å². The number of rotatable bonds is 6. The minimum Gasteiger partial charge on any atom is -0.476 e. The molecule has 0 aliphatic carbocycles. The van der Waals surface area contributed by atoms with Gasteiger partial charge in [-0.3, -0.25) is 20.2 Å². The van der Waals surface area contributed by atoms with Crippen LogP contribution in [0.2, 0.25) is 0 Å². The zero-order valence-corrected chi connectivity index (χ0v) is 9.90. The molecule has 10 heteroatoms. The Kier molecular flexibility index (Phi) is 9.99. The maximum Gasteiger partial charge on any atom is 0.379 e. The van der Waals surface area contributed by atoms with E-state index in [1.807, 2.05) is 0 Å². The fraction of sp³-hybridized carbons (Fsp3) is 0.750. The Morgan fingerprint density at radius 2 is 1.78 bits per heavy atom. The van der Waals surface area contributed by atoms with E-state index < -0.39 is 34.4 Å². The van der Waals surface area contributed by atoms with Crippen molar-refractivity contribution >= 4 is 11.9 Å². The number of nitro groups is 2. The Balaban J connectivity index is 0. The van der Waals surface area contributed by atoms with Crippen LogP contribution >= 0.6 is 0 Å². The molecule has 18 heavy (non-hydrogen) atoms. The number of nitrogens with zero attached hydrogens (tertiary/aromatic N) is 2. The minimum absolute atomic E-state index is 0.0301. The number of aliphatic carboxylic acids is 1. The average Bonchev–Trinajstić information content (AvgIpc) is 2.16. The van der Waals surface area contributed by atoms with Crippen molar-refractivity contribution in [1.82, 2.24) is 0 Å². The molecule has 0 amide bonds. The number of esters is 1. The Morgan fingerprint density at radius 1 is 1.28 bits per heavy atom. The van der Waals surface area contributed by atoms with E-state index in [9.17, 15) is 29.8 Å². The summed E-state index contributed by atoms with van der Waals surface area (Å²) >= 11 is 0. The van der Waals surface area contributed by atoms with E-state index in [2.05, 4.69) is 4.74 Å². The van der Waals surface area contributed by atoms with Gasteiger partial charge in [-0.25, -0.2) is 9.59 Å². The van der Waals surface area contributed by atoms with Gasteiger partial charge >= 0.3 is 18.0 Å². The molecule has 0 aromatic carbocycles. The average molecular weight is 266 g/mol. The van der Waals surface area contributed by atoms with Crippen LogP contribution in [-0.4, -0.2) is 46.1 Å². The topological polar surface area (TPSA) is 150 Å². The fourth-order valence-electron chi connectivity index (χ4n) is 0.726. The third-order valence-corrected chi connectivity index (χ3v) is 1.49. The Hall–Kier alpha value is -2.26. The molecule has 0 bridgehead atoms. The largest absolute Gasteiger partial charge is 0.476 e. The van der Waals surface area contributed by atoms with E-state index in [0.29, 0.717) is 0 Å². The number of carboxylic acid groups (broad SMARTS) is 1. The van der Waals surface area contributed by atoms with E-state index in [4.69, 9.17) is 5.11 Å². The summed E-state index contributed by atoms with van der Waals surface area (Å²) in [5, 5.41) is 27.5. The number of ether oxygens (including phenoxy) is 1. The molecule has 0 fully saturated rings. The first-order valence-corrected chi connectivity index (χ1v) is 4.89. The molecular formula is C8H14N2O8. The lowest BCUT2D eigenvalue weighted by Gasteiger charge is -1.97. The van der Waals surface area contributed by atoms with Crippen molar-refractivity contribution in [3.05, 3.63) is 20.2 Å². The molecule has 0 rings (SSSR count). The molecule has 0 aromatic rings. The summed E-state index contributed by atoms with van der Waals surface area (Å²) in [4.78, 5) is 38.0. The quantitative estimate of drug-likeness (QED) is 0.399. The van der Waals surface area contributed by atoms with Crippen LogP contribution < -0.4 is 0 Å². The van der Waals surface area contributed by atoms with Gasteiger partial charge in [0.2, 0.25) is 0 Å². The van der Waals surface area contributed by atoms with Crippen LogP contribution in [0.25, 0.3) is 0 Å². The number of carbonyl (C=O) groups is 2. The van der Waals surface area contributed by atoms with Gasteiger partial charge in [0.25, 0.3) is 6.54 Å². The van der Waals surface area contributed by atoms with E-state index >= 15 is 0 Å². The minimum atomic E-state index is -1.44. The van der Waals surface area contributed by atoms with E-state index in [0.717, 1.165) is 0 Å². The smallest absolute Gasteiger partial charge is 0.379 e. The molecule has 1 N–H and O–H groups in total. The lowest BCUT2D eigenvalue weighted by Crippen LogP contribution is -2.27. The van der Waals surface area contributed by atoms with Crippen molar-refractivity contribution in [1.29, 1.82) is 0 Å². The molecule has 10 nitrogen and oxygen atoms in total. The van der Waals surface area contributed by atoms with Crippen LogP contribution in [-0.2, 0) is 14.3 Å². The Labute approximate surface area is 102 Å². The number of hydrogen-bond donors (Lipinski definition) is 1. The van der Waals surface area contributed by atoms with Gasteiger partial charge < -0.3 is 9.84 Å². The third kappa shape index (κ3) is 10.3. The monoisotopic (exact) mass is 266 g/mol. The second-order valence-corrected chi connectivity index (χ2v) is 2.84. The molecule has 0 saturated carbocycles. The summed E-state index contributed by atoms with van der Waals surface area (Å²) in [6.07, 6.45) is 0.0301. The van der Waals surface area contributed by atoms with Crippen molar-refractivity contribution in [3.63, 3.8) is 0 Å². The highest BCUT2D eigenvalue weighted by atomic mass is 16.6. The first-order valence-electron chi connectivity index (χ1n) is 4.89. The van der Waals surface area contributed by atoms with Gasteiger partial charge in [-0.1, -0.05) is 6.92 Å². The summed E-state index contributed by atoms with van der Waals surface area (Å²) in [5.41, 5.74) is 0. The zero-order chi connectivity index (χ0) is 14.7. The molecule has 0 spiro atoms. The van der Waals surface area contributed by atoms with Crippen molar-refractivity contribution in [2.45, 2.75) is 26.3 Å². The molecule has 104 valence electrons. The van der Waals surface area contributed by atoms with E-state index in [1.165, 1.54) is 6.92 Å². The normalized spacial score (nSPS) is 10.6. The summed E-state index contributed by atoms with van der Waals surface area (Å²) < 4.78 is 4.27. The lowest BCUT2D eigenvalue weighted by atomic mass is 10.2. The van der Waals surface area contributed by atoms with Crippen LogP contribution in [0.15, 0.2) is 0 Å². The molecule has 0 saturated heterocycles. The molecule has 0 radical (unpaired) electrons. The van der Waals surface area contributed by atoms with Crippen molar-refractivity contribution < 1.29 is 29.3 Å². The molecule has 0 aliphatic heterocycles. The Bertz CT molecular complexity index is 299. The molecular weight excluding hydrogens is 252 g/mol. The maximum atomic E-state index is 10.2. The number of carbonyl (C=O) groups excluding carboxylic acids is 1. The summed E-state index contributed by atoms with van der Waals surface area (Å²) in [7, 11) is 0. The van der Waals surface area contributed by atoms with E-state index in [1.54, 1.807) is 6.92 Å². The molecule has 1 unspecified atom stereocenters.